The Bertz CT molecular complexity index is 1240. The molecule has 1 saturated heterocycles. The number of nitrogens with zero attached hydrogens (tertiary/aromatic N) is 1. The Hall–Kier alpha value is -3.01. The molecule has 3 heterocycles. The molecule has 1 aromatic carbocycles. The maximum Gasteiger partial charge on any atom is 0.417 e. The van der Waals surface area contributed by atoms with E-state index in [2.05, 4.69) is 9.97 Å². The van der Waals surface area contributed by atoms with Crippen LogP contribution in [0, 0.1) is 17.6 Å². The van der Waals surface area contributed by atoms with Crippen LogP contribution in [0.4, 0.5) is 22.0 Å². The van der Waals surface area contributed by atoms with Crippen molar-refractivity contribution in [2.75, 3.05) is 7.11 Å². The van der Waals surface area contributed by atoms with Crippen molar-refractivity contribution in [2.45, 2.75) is 37.6 Å². The van der Waals surface area contributed by atoms with Gasteiger partial charge in [-0.2, -0.15) is 17.6 Å². The van der Waals surface area contributed by atoms with Gasteiger partial charge in [-0.3, -0.25) is 9.78 Å². The smallest absolute Gasteiger partial charge is 0.417 e. The van der Waals surface area contributed by atoms with E-state index in [9.17, 15) is 26.7 Å². The average molecular weight is 454 g/mol. The second kappa shape index (κ2) is 7.54. The number of halogens is 5. The van der Waals surface area contributed by atoms with Crippen LogP contribution in [0.1, 0.15) is 37.1 Å². The minimum atomic E-state index is -4.77. The Morgan fingerprint density at radius 2 is 1.94 bits per heavy atom. The standard InChI is InChI=1S/C22H19F5N2O3/c1-10-17(11-4-5-13(23)18(24)19(11)31-3)20(32-21(10,2)22(25,26)27)15-8-16(30)12-9-28-7-6-14(12)29-15/h4-10,17,20H,1-3H3,(H,29,30)/t10-,17-,20?,21+/m0/s1. The molecule has 0 bridgehead atoms. The molecule has 1 unspecified atom stereocenters. The summed E-state index contributed by atoms with van der Waals surface area (Å²) >= 11 is 0. The van der Waals surface area contributed by atoms with Gasteiger partial charge in [-0.25, -0.2) is 4.39 Å². The highest BCUT2D eigenvalue weighted by atomic mass is 19.4. The molecule has 4 rings (SSSR count). The van der Waals surface area contributed by atoms with Crippen molar-refractivity contribution in [3.8, 4) is 5.75 Å². The summed E-state index contributed by atoms with van der Waals surface area (Å²) in [4.78, 5) is 19.4. The van der Waals surface area contributed by atoms with Gasteiger partial charge >= 0.3 is 6.18 Å². The highest BCUT2D eigenvalue weighted by Gasteiger charge is 2.65. The molecule has 0 spiro atoms. The molecule has 3 aromatic rings. The fourth-order valence-corrected chi connectivity index (χ4v) is 4.34. The van der Waals surface area contributed by atoms with E-state index in [0.717, 1.165) is 26.2 Å². The number of benzene rings is 1. The van der Waals surface area contributed by atoms with Crippen LogP contribution in [0.5, 0.6) is 5.75 Å². The Balaban J connectivity index is 1.96. The first kappa shape index (κ1) is 22.2. The number of aromatic nitrogens is 2. The number of pyridine rings is 2. The maximum absolute atomic E-state index is 14.4. The second-order valence-corrected chi connectivity index (χ2v) is 7.95. The minimum Gasteiger partial charge on any atom is -0.493 e. The number of hydrogen-bond acceptors (Lipinski definition) is 4. The summed E-state index contributed by atoms with van der Waals surface area (Å²) in [6, 6.07) is 4.66. The first-order valence-corrected chi connectivity index (χ1v) is 9.73. The molecular formula is C22H19F5N2O3. The molecule has 0 amide bonds. The molecule has 0 radical (unpaired) electrons. The van der Waals surface area contributed by atoms with Crippen LogP contribution in [0.3, 0.4) is 0 Å². The predicted octanol–water partition coefficient (Wildman–Crippen LogP) is 5.02. The molecule has 10 heteroatoms. The van der Waals surface area contributed by atoms with Gasteiger partial charge in [0.2, 0.25) is 5.82 Å². The summed E-state index contributed by atoms with van der Waals surface area (Å²) in [5, 5.41) is 0.253. The highest BCUT2D eigenvalue weighted by molar-refractivity contribution is 5.77. The molecule has 1 N–H and O–H groups in total. The summed E-state index contributed by atoms with van der Waals surface area (Å²) in [5.41, 5.74) is -2.65. The normalized spacial score (nSPS) is 25.9. The molecule has 1 aliphatic heterocycles. The number of fused-ring (bicyclic) bond motifs is 1. The van der Waals surface area contributed by atoms with E-state index in [1.807, 2.05) is 0 Å². The lowest BCUT2D eigenvalue weighted by atomic mass is 9.76. The van der Waals surface area contributed by atoms with E-state index in [1.165, 1.54) is 31.5 Å². The minimum absolute atomic E-state index is 0.00699. The molecule has 4 atom stereocenters. The average Bonchev–Trinajstić information content (AvgIpc) is 3.02. The molecule has 0 saturated carbocycles. The summed E-state index contributed by atoms with van der Waals surface area (Å²) in [6.07, 6.45) is -3.32. The van der Waals surface area contributed by atoms with Crippen molar-refractivity contribution >= 4 is 10.9 Å². The third kappa shape index (κ3) is 3.24. The van der Waals surface area contributed by atoms with E-state index in [1.54, 1.807) is 0 Å². The molecule has 1 fully saturated rings. The highest BCUT2D eigenvalue weighted by Crippen LogP contribution is 2.59. The van der Waals surface area contributed by atoms with E-state index in [-0.39, 0.29) is 16.6 Å². The Morgan fingerprint density at radius 1 is 1.22 bits per heavy atom. The van der Waals surface area contributed by atoms with Gasteiger partial charge in [-0.15, -0.1) is 0 Å². The monoisotopic (exact) mass is 454 g/mol. The van der Waals surface area contributed by atoms with Crippen LogP contribution in [-0.4, -0.2) is 28.9 Å². The lowest BCUT2D eigenvalue weighted by Gasteiger charge is -2.32. The molecule has 1 aliphatic rings. The second-order valence-electron chi connectivity index (χ2n) is 7.95. The number of methoxy groups -OCH3 is 1. The Kier molecular flexibility index (Phi) is 5.23. The van der Waals surface area contributed by atoms with Crippen molar-refractivity contribution in [2.24, 2.45) is 5.92 Å². The van der Waals surface area contributed by atoms with Crippen LogP contribution in [0.2, 0.25) is 0 Å². The van der Waals surface area contributed by atoms with Gasteiger partial charge in [0.15, 0.2) is 22.6 Å². The number of aromatic amines is 1. The number of nitrogens with one attached hydrogen (secondary N) is 1. The van der Waals surface area contributed by atoms with Gasteiger partial charge in [0, 0.05) is 41.6 Å². The van der Waals surface area contributed by atoms with E-state index < -0.39 is 52.5 Å². The van der Waals surface area contributed by atoms with Crippen LogP contribution >= 0.6 is 0 Å². The number of rotatable bonds is 3. The van der Waals surface area contributed by atoms with E-state index >= 15 is 0 Å². The zero-order chi connectivity index (χ0) is 23.4. The van der Waals surface area contributed by atoms with E-state index in [4.69, 9.17) is 9.47 Å². The van der Waals surface area contributed by atoms with Gasteiger partial charge in [0.05, 0.1) is 18.0 Å². The molecule has 2 aromatic heterocycles. The zero-order valence-electron chi connectivity index (χ0n) is 17.3. The first-order valence-electron chi connectivity index (χ1n) is 9.73. The molecule has 5 nitrogen and oxygen atoms in total. The first-order chi connectivity index (χ1) is 15.0. The van der Waals surface area contributed by atoms with Crippen molar-refractivity contribution in [3.63, 3.8) is 0 Å². The SMILES string of the molecule is COc1c([C@H]2C(c3cc(=O)c4cnccc4[nH]3)O[C@@](C)(C(F)(F)F)[C@H]2C)ccc(F)c1F. The third-order valence-electron chi connectivity index (χ3n) is 6.27. The summed E-state index contributed by atoms with van der Waals surface area (Å²) < 4.78 is 81.0. The number of ether oxygens (including phenoxy) is 2. The number of hydrogen-bond donors (Lipinski definition) is 1. The largest absolute Gasteiger partial charge is 0.493 e. The van der Waals surface area contributed by atoms with Gasteiger partial charge in [0.25, 0.3) is 0 Å². The number of alkyl halides is 3. The lowest BCUT2D eigenvalue weighted by Crippen LogP contribution is -2.46. The molecular weight excluding hydrogens is 435 g/mol. The van der Waals surface area contributed by atoms with Gasteiger partial charge in [-0.1, -0.05) is 13.0 Å². The fraction of sp³-hybridized carbons (Fsp3) is 0.364. The topological polar surface area (TPSA) is 64.2 Å². The van der Waals surface area contributed by atoms with Gasteiger partial charge < -0.3 is 14.5 Å². The molecule has 0 aliphatic carbocycles. The van der Waals surface area contributed by atoms with Gasteiger partial charge in [0.1, 0.15) is 6.10 Å². The lowest BCUT2D eigenvalue weighted by molar-refractivity contribution is -0.275. The Labute approximate surface area is 179 Å². The van der Waals surface area contributed by atoms with Crippen LogP contribution in [0.15, 0.2) is 41.5 Å². The summed E-state index contributed by atoms with van der Waals surface area (Å²) in [6.45, 7) is 2.22. The van der Waals surface area contributed by atoms with E-state index in [0.29, 0.717) is 5.52 Å². The predicted molar refractivity (Wildman–Crippen MR) is 105 cm³/mol. The quantitative estimate of drug-likeness (QED) is 0.565. The molecule has 32 heavy (non-hydrogen) atoms. The van der Waals surface area contributed by atoms with Crippen LogP contribution < -0.4 is 10.2 Å². The van der Waals surface area contributed by atoms with Gasteiger partial charge in [-0.05, 0) is 19.1 Å². The number of H-pyrrole nitrogens is 1. The van der Waals surface area contributed by atoms with Crippen LogP contribution in [-0.2, 0) is 4.74 Å². The maximum atomic E-state index is 14.4. The van der Waals surface area contributed by atoms with Crippen LogP contribution in [0.25, 0.3) is 10.9 Å². The Morgan fingerprint density at radius 3 is 2.59 bits per heavy atom. The van der Waals surface area contributed by atoms with Crippen molar-refractivity contribution in [3.05, 3.63) is 69.8 Å². The summed E-state index contributed by atoms with van der Waals surface area (Å²) in [5.74, 6) is -5.35. The van der Waals surface area contributed by atoms with Crippen molar-refractivity contribution in [1.82, 2.24) is 9.97 Å². The summed E-state index contributed by atoms with van der Waals surface area (Å²) in [7, 11) is 1.10. The third-order valence-corrected chi connectivity index (χ3v) is 6.27. The fourth-order valence-electron chi connectivity index (χ4n) is 4.34. The molecule has 170 valence electrons. The van der Waals surface area contributed by atoms with Crippen molar-refractivity contribution in [1.29, 1.82) is 0 Å². The zero-order valence-corrected chi connectivity index (χ0v) is 17.3. The van der Waals surface area contributed by atoms with Crippen molar-refractivity contribution < 1.29 is 31.4 Å².